The van der Waals surface area contributed by atoms with Crippen LogP contribution in [-0.4, -0.2) is 39.4 Å². The Hall–Kier alpha value is -3.03. The minimum absolute atomic E-state index is 0.342. The van der Waals surface area contributed by atoms with Crippen LogP contribution in [0.3, 0.4) is 0 Å². The highest BCUT2D eigenvalue weighted by Crippen LogP contribution is 2.25. The molecule has 3 amide bonds. The van der Waals surface area contributed by atoms with Crippen LogP contribution in [-0.2, 0) is 24.2 Å². The van der Waals surface area contributed by atoms with Crippen LogP contribution in [0.4, 0.5) is 15.4 Å². The lowest BCUT2D eigenvalue weighted by Gasteiger charge is -2.30. The Bertz CT molecular complexity index is 810. The van der Waals surface area contributed by atoms with Gasteiger partial charge in [-0.05, 0) is 26.3 Å². The fourth-order valence-electron chi connectivity index (χ4n) is 2.81. The van der Waals surface area contributed by atoms with Crippen molar-refractivity contribution in [1.82, 2.24) is 20.4 Å². The number of rotatable bonds is 3. The topological polar surface area (TPSA) is 99.3 Å². The molecule has 0 unspecified atom stereocenters. The van der Waals surface area contributed by atoms with E-state index in [0.29, 0.717) is 31.9 Å². The van der Waals surface area contributed by atoms with Gasteiger partial charge in [0.2, 0.25) is 0 Å². The molecule has 2 heterocycles. The summed E-state index contributed by atoms with van der Waals surface area (Å²) in [6, 6.07) is 9.30. The van der Waals surface area contributed by atoms with Gasteiger partial charge in [-0.2, -0.15) is 5.10 Å². The smallest absolute Gasteiger partial charge is 0.410 e. The van der Waals surface area contributed by atoms with E-state index in [2.05, 4.69) is 20.8 Å². The average Bonchev–Trinajstić information content (AvgIpc) is 3.01. The Morgan fingerprint density at radius 3 is 2.70 bits per heavy atom. The molecule has 0 spiro atoms. The van der Waals surface area contributed by atoms with E-state index in [1.165, 1.54) is 0 Å². The van der Waals surface area contributed by atoms with Crippen LogP contribution in [0, 0.1) is 0 Å². The van der Waals surface area contributed by atoms with Crippen molar-refractivity contribution in [2.75, 3.05) is 11.9 Å². The molecule has 0 radical (unpaired) electrons. The lowest BCUT2D eigenvalue weighted by molar-refractivity contribution is 0.0224. The van der Waals surface area contributed by atoms with E-state index < -0.39 is 5.60 Å². The van der Waals surface area contributed by atoms with Gasteiger partial charge in [0.15, 0.2) is 5.82 Å². The number of carbonyl (C=O) groups is 2. The molecule has 0 bridgehead atoms. The zero-order chi connectivity index (χ0) is 19.4. The van der Waals surface area contributed by atoms with Crippen LogP contribution < -0.4 is 10.6 Å². The molecule has 0 saturated heterocycles. The summed E-state index contributed by atoms with van der Waals surface area (Å²) in [5.41, 5.74) is 2.19. The molecule has 27 heavy (non-hydrogen) atoms. The minimum atomic E-state index is -0.549. The quantitative estimate of drug-likeness (QED) is 0.772. The van der Waals surface area contributed by atoms with Crippen molar-refractivity contribution in [2.24, 2.45) is 0 Å². The molecule has 1 aromatic heterocycles. The van der Waals surface area contributed by atoms with Gasteiger partial charge in [-0.3, -0.25) is 10.4 Å². The van der Waals surface area contributed by atoms with Gasteiger partial charge in [0, 0.05) is 30.8 Å². The molecule has 3 rings (SSSR count). The second kappa shape index (κ2) is 7.69. The van der Waals surface area contributed by atoms with E-state index in [1.54, 1.807) is 4.90 Å². The number of ether oxygens (including phenoxy) is 1. The predicted octanol–water partition coefficient (Wildman–Crippen LogP) is 3.02. The molecular weight excluding hydrogens is 346 g/mol. The minimum Gasteiger partial charge on any atom is -0.444 e. The normalized spacial score (nSPS) is 13.7. The summed E-state index contributed by atoms with van der Waals surface area (Å²) in [4.78, 5) is 26.1. The van der Waals surface area contributed by atoms with Gasteiger partial charge in [-0.25, -0.2) is 9.59 Å². The maximum Gasteiger partial charge on any atom is 0.410 e. The molecule has 8 heteroatoms. The van der Waals surface area contributed by atoms with Crippen molar-refractivity contribution in [3.8, 4) is 0 Å². The Morgan fingerprint density at radius 1 is 1.26 bits per heavy atom. The lowest BCUT2D eigenvalue weighted by atomic mass is 10.1. The molecule has 1 aliphatic heterocycles. The first-order valence-electron chi connectivity index (χ1n) is 8.94. The van der Waals surface area contributed by atoms with E-state index in [4.69, 9.17) is 4.74 Å². The van der Waals surface area contributed by atoms with Gasteiger partial charge >= 0.3 is 12.1 Å². The molecule has 0 aliphatic carbocycles. The van der Waals surface area contributed by atoms with Crippen molar-refractivity contribution in [1.29, 1.82) is 0 Å². The van der Waals surface area contributed by atoms with Crippen molar-refractivity contribution in [2.45, 2.75) is 45.9 Å². The zero-order valence-electron chi connectivity index (χ0n) is 15.8. The monoisotopic (exact) mass is 371 g/mol. The Labute approximate surface area is 158 Å². The van der Waals surface area contributed by atoms with Gasteiger partial charge in [0.25, 0.3) is 0 Å². The molecule has 2 aromatic rings. The number of H-pyrrole nitrogens is 1. The largest absolute Gasteiger partial charge is 0.444 e. The molecule has 0 fully saturated rings. The number of hydrogen-bond donors (Lipinski definition) is 3. The first kappa shape index (κ1) is 18.8. The van der Waals surface area contributed by atoms with E-state index in [-0.39, 0.29) is 12.1 Å². The van der Waals surface area contributed by atoms with Crippen LogP contribution in [0.1, 0.15) is 37.6 Å². The summed E-state index contributed by atoms with van der Waals surface area (Å²) < 4.78 is 5.43. The van der Waals surface area contributed by atoms with E-state index >= 15 is 0 Å². The first-order chi connectivity index (χ1) is 12.8. The third-order valence-corrected chi connectivity index (χ3v) is 4.11. The molecule has 144 valence electrons. The van der Waals surface area contributed by atoms with Crippen molar-refractivity contribution in [3.63, 3.8) is 0 Å². The van der Waals surface area contributed by atoms with Gasteiger partial charge < -0.3 is 15.0 Å². The number of carbonyl (C=O) groups excluding carboxylic acids is 2. The second-order valence-corrected chi connectivity index (χ2v) is 7.47. The zero-order valence-corrected chi connectivity index (χ0v) is 15.8. The number of nitrogens with one attached hydrogen (secondary N) is 3. The van der Waals surface area contributed by atoms with E-state index in [1.807, 2.05) is 51.1 Å². The fraction of sp³-hybridized carbons (Fsp3) is 0.421. The van der Waals surface area contributed by atoms with Crippen LogP contribution in [0.5, 0.6) is 0 Å². The van der Waals surface area contributed by atoms with Crippen molar-refractivity contribution < 1.29 is 14.3 Å². The second-order valence-electron chi connectivity index (χ2n) is 7.47. The number of benzene rings is 1. The van der Waals surface area contributed by atoms with Gasteiger partial charge in [0.05, 0.1) is 6.54 Å². The highest BCUT2D eigenvalue weighted by Gasteiger charge is 2.29. The molecule has 0 saturated carbocycles. The number of amides is 3. The fourth-order valence-corrected chi connectivity index (χ4v) is 2.81. The van der Waals surface area contributed by atoms with Crippen LogP contribution in [0.25, 0.3) is 0 Å². The molecule has 8 nitrogen and oxygen atoms in total. The summed E-state index contributed by atoms with van der Waals surface area (Å²) >= 11 is 0. The van der Waals surface area contributed by atoms with Crippen LogP contribution in [0.15, 0.2) is 30.3 Å². The van der Waals surface area contributed by atoms with Gasteiger partial charge in [-0.15, -0.1) is 0 Å². The number of aromatic amines is 1. The molecule has 1 aromatic carbocycles. The number of anilines is 1. The summed E-state index contributed by atoms with van der Waals surface area (Å²) in [5, 5.41) is 12.7. The molecule has 1 aliphatic rings. The number of urea groups is 1. The summed E-state index contributed by atoms with van der Waals surface area (Å²) in [6.07, 6.45) is 0.267. The average molecular weight is 371 g/mol. The maximum atomic E-state index is 12.3. The highest BCUT2D eigenvalue weighted by molar-refractivity contribution is 5.89. The molecular formula is C19H25N5O3. The summed E-state index contributed by atoms with van der Waals surface area (Å²) in [5.74, 6) is 0.434. The lowest BCUT2D eigenvalue weighted by Crippen LogP contribution is -2.40. The number of fused-ring (bicyclic) bond motifs is 1. The number of aromatic nitrogens is 2. The van der Waals surface area contributed by atoms with E-state index in [9.17, 15) is 9.59 Å². The standard InChI is InChI=1S/C19H25N5O3/c1-19(2,3)27-18(26)24-10-9-15-14(12-24)16(23-22-15)21-17(25)20-11-13-7-5-4-6-8-13/h4-8H,9-12H2,1-3H3,(H3,20,21,22,23,25). The molecule has 3 N–H and O–H groups in total. The Balaban J connectivity index is 1.60. The van der Waals surface area contributed by atoms with Crippen molar-refractivity contribution >= 4 is 17.9 Å². The van der Waals surface area contributed by atoms with Gasteiger partial charge in [-0.1, -0.05) is 30.3 Å². The summed E-state index contributed by atoms with van der Waals surface area (Å²) in [6.45, 7) is 6.81. The third kappa shape index (κ3) is 4.99. The first-order valence-corrected chi connectivity index (χ1v) is 8.94. The van der Waals surface area contributed by atoms with Gasteiger partial charge in [0.1, 0.15) is 5.60 Å². The highest BCUT2D eigenvalue weighted by atomic mass is 16.6. The Morgan fingerprint density at radius 2 is 2.00 bits per heavy atom. The Kier molecular flexibility index (Phi) is 5.34. The van der Waals surface area contributed by atoms with E-state index in [0.717, 1.165) is 16.8 Å². The van der Waals surface area contributed by atoms with Crippen LogP contribution >= 0.6 is 0 Å². The summed E-state index contributed by atoms with van der Waals surface area (Å²) in [7, 11) is 0. The van der Waals surface area contributed by atoms with Crippen LogP contribution in [0.2, 0.25) is 0 Å². The number of hydrogen-bond acceptors (Lipinski definition) is 4. The predicted molar refractivity (Wildman–Crippen MR) is 101 cm³/mol. The number of nitrogens with zero attached hydrogens (tertiary/aromatic N) is 2. The third-order valence-electron chi connectivity index (χ3n) is 4.11. The SMILES string of the molecule is CC(C)(C)OC(=O)N1CCc2[nH]nc(NC(=O)NCc3ccccc3)c2C1. The van der Waals surface area contributed by atoms with Crippen molar-refractivity contribution in [3.05, 3.63) is 47.2 Å². The molecule has 0 atom stereocenters. The maximum absolute atomic E-state index is 12.3.